The Hall–Kier alpha value is -1.29. The lowest BCUT2D eigenvalue weighted by Crippen LogP contribution is -2.35. The highest BCUT2D eigenvalue weighted by Crippen LogP contribution is 2.15. The van der Waals surface area contributed by atoms with Gasteiger partial charge in [0.25, 0.3) is 0 Å². The molecule has 0 aromatic heterocycles. The van der Waals surface area contributed by atoms with Gasteiger partial charge in [-0.2, -0.15) is 0 Å². The summed E-state index contributed by atoms with van der Waals surface area (Å²) in [5, 5.41) is 3.34. The van der Waals surface area contributed by atoms with Gasteiger partial charge in [-0.3, -0.25) is 4.99 Å². The van der Waals surface area contributed by atoms with E-state index in [2.05, 4.69) is 10.3 Å². The molecule has 1 aromatic carbocycles. The smallest absolute Gasteiger partial charge is 0.194 e. The highest BCUT2D eigenvalue weighted by atomic mass is 35.5. The quantitative estimate of drug-likeness (QED) is 0.856. The maximum atomic E-state index is 12.9. The topological polar surface area (TPSA) is 27.6 Å². The van der Waals surface area contributed by atoms with E-state index in [1.54, 1.807) is 12.1 Å². The third kappa shape index (κ3) is 2.44. The van der Waals surface area contributed by atoms with Gasteiger partial charge in [0.2, 0.25) is 0 Å². The molecular weight excluding hydrogens is 229 g/mol. The number of benzene rings is 1. The SMILES string of the molecule is CN1CCN=C1NCc1ccc(F)c(Cl)c1. The third-order valence-corrected chi connectivity index (χ3v) is 2.78. The van der Waals surface area contributed by atoms with Crippen molar-refractivity contribution in [1.29, 1.82) is 0 Å². The van der Waals surface area contributed by atoms with E-state index in [1.165, 1.54) is 6.07 Å². The molecule has 1 aliphatic rings. The molecule has 0 saturated heterocycles. The van der Waals surface area contributed by atoms with Gasteiger partial charge in [0, 0.05) is 20.1 Å². The molecule has 0 atom stereocenters. The molecule has 1 aliphatic heterocycles. The molecule has 5 heteroatoms. The van der Waals surface area contributed by atoms with Gasteiger partial charge in [-0.25, -0.2) is 4.39 Å². The van der Waals surface area contributed by atoms with Crippen LogP contribution in [-0.2, 0) is 6.54 Å². The largest absolute Gasteiger partial charge is 0.352 e. The summed E-state index contributed by atoms with van der Waals surface area (Å²) in [7, 11) is 1.98. The van der Waals surface area contributed by atoms with E-state index in [9.17, 15) is 4.39 Å². The van der Waals surface area contributed by atoms with Crippen molar-refractivity contribution in [3.05, 3.63) is 34.6 Å². The van der Waals surface area contributed by atoms with Crippen LogP contribution in [-0.4, -0.2) is 31.0 Å². The van der Waals surface area contributed by atoms with Gasteiger partial charge in [-0.15, -0.1) is 0 Å². The van der Waals surface area contributed by atoms with Crippen LogP contribution in [0.3, 0.4) is 0 Å². The zero-order valence-electron chi connectivity index (χ0n) is 9.00. The Morgan fingerprint density at radius 1 is 1.56 bits per heavy atom. The summed E-state index contributed by atoms with van der Waals surface area (Å²) >= 11 is 5.69. The Morgan fingerprint density at radius 3 is 3.00 bits per heavy atom. The number of hydrogen-bond acceptors (Lipinski definition) is 3. The van der Waals surface area contributed by atoms with Crippen LogP contribution in [0.2, 0.25) is 5.02 Å². The molecule has 16 heavy (non-hydrogen) atoms. The fourth-order valence-corrected chi connectivity index (χ4v) is 1.76. The molecule has 0 radical (unpaired) electrons. The number of hydrogen-bond donors (Lipinski definition) is 1. The first-order valence-electron chi connectivity index (χ1n) is 5.10. The van der Waals surface area contributed by atoms with E-state index < -0.39 is 0 Å². The third-order valence-electron chi connectivity index (χ3n) is 2.49. The normalized spacial score (nSPS) is 15.2. The van der Waals surface area contributed by atoms with E-state index >= 15 is 0 Å². The first-order chi connectivity index (χ1) is 7.66. The monoisotopic (exact) mass is 241 g/mol. The molecule has 0 spiro atoms. The predicted molar refractivity (Wildman–Crippen MR) is 63.2 cm³/mol. The minimum absolute atomic E-state index is 0.154. The zero-order chi connectivity index (χ0) is 11.5. The molecule has 1 aromatic rings. The number of likely N-dealkylation sites (N-methyl/N-ethyl adjacent to an activating group) is 1. The number of nitrogens with one attached hydrogen (secondary N) is 1. The predicted octanol–water partition coefficient (Wildman–Crippen LogP) is 1.87. The van der Waals surface area contributed by atoms with Gasteiger partial charge < -0.3 is 10.2 Å². The fourth-order valence-electron chi connectivity index (χ4n) is 1.55. The standard InChI is InChI=1S/C11H13ClFN3/c1-16-5-4-14-11(16)15-7-8-2-3-10(13)9(12)6-8/h2-3,6H,4-5,7H2,1H3,(H,14,15). The molecule has 1 N–H and O–H groups in total. The summed E-state index contributed by atoms with van der Waals surface area (Å²) in [6.45, 7) is 2.36. The number of aliphatic imine (C=N–C) groups is 1. The van der Waals surface area contributed by atoms with Crippen molar-refractivity contribution in [1.82, 2.24) is 10.2 Å². The lowest BCUT2D eigenvalue weighted by Gasteiger charge is -2.15. The van der Waals surface area contributed by atoms with Crippen LogP contribution in [0.4, 0.5) is 4.39 Å². The highest BCUT2D eigenvalue weighted by molar-refractivity contribution is 6.30. The molecule has 0 bridgehead atoms. The average molecular weight is 242 g/mol. The summed E-state index contributed by atoms with van der Waals surface area (Å²) in [6, 6.07) is 4.71. The first-order valence-corrected chi connectivity index (χ1v) is 5.48. The maximum Gasteiger partial charge on any atom is 0.194 e. The lowest BCUT2D eigenvalue weighted by molar-refractivity contribution is 0.534. The van der Waals surface area contributed by atoms with E-state index in [1.807, 2.05) is 11.9 Å². The fraction of sp³-hybridized carbons (Fsp3) is 0.364. The molecular formula is C11H13ClFN3. The Balaban J connectivity index is 1.97. The Kier molecular flexibility index (Phi) is 3.29. The second-order valence-electron chi connectivity index (χ2n) is 3.73. The average Bonchev–Trinajstić information content (AvgIpc) is 2.66. The van der Waals surface area contributed by atoms with Crippen molar-refractivity contribution < 1.29 is 4.39 Å². The number of rotatable bonds is 2. The molecule has 0 amide bonds. The van der Waals surface area contributed by atoms with Crippen molar-refractivity contribution in [2.24, 2.45) is 4.99 Å². The zero-order valence-corrected chi connectivity index (χ0v) is 9.76. The van der Waals surface area contributed by atoms with Crippen molar-refractivity contribution in [2.45, 2.75) is 6.54 Å². The Bertz CT molecular complexity index is 420. The minimum Gasteiger partial charge on any atom is -0.352 e. The van der Waals surface area contributed by atoms with Gasteiger partial charge in [0.15, 0.2) is 5.96 Å². The maximum absolute atomic E-state index is 12.9. The summed E-state index contributed by atoms with van der Waals surface area (Å²) in [6.07, 6.45) is 0. The van der Waals surface area contributed by atoms with Crippen LogP contribution in [0.5, 0.6) is 0 Å². The van der Waals surface area contributed by atoms with Gasteiger partial charge in [-0.05, 0) is 17.7 Å². The molecule has 0 aliphatic carbocycles. The van der Waals surface area contributed by atoms with Gasteiger partial charge in [0.1, 0.15) is 5.82 Å². The molecule has 86 valence electrons. The second kappa shape index (κ2) is 4.70. The second-order valence-corrected chi connectivity index (χ2v) is 4.14. The lowest BCUT2D eigenvalue weighted by atomic mass is 10.2. The van der Waals surface area contributed by atoms with E-state index in [0.717, 1.165) is 24.6 Å². The molecule has 1 heterocycles. The van der Waals surface area contributed by atoms with Crippen LogP contribution >= 0.6 is 11.6 Å². The van der Waals surface area contributed by atoms with Crippen molar-refractivity contribution in [3.8, 4) is 0 Å². The summed E-state index contributed by atoms with van der Waals surface area (Å²) in [5.74, 6) is 0.487. The Morgan fingerprint density at radius 2 is 2.38 bits per heavy atom. The number of nitrogens with zero attached hydrogens (tertiary/aromatic N) is 2. The molecule has 0 unspecified atom stereocenters. The van der Waals surface area contributed by atoms with Gasteiger partial charge >= 0.3 is 0 Å². The van der Waals surface area contributed by atoms with Crippen LogP contribution in [0.1, 0.15) is 5.56 Å². The molecule has 0 fully saturated rings. The van der Waals surface area contributed by atoms with Crippen molar-refractivity contribution in [3.63, 3.8) is 0 Å². The minimum atomic E-state index is -0.388. The van der Waals surface area contributed by atoms with Crippen LogP contribution in [0, 0.1) is 5.82 Å². The molecule has 3 nitrogen and oxygen atoms in total. The van der Waals surface area contributed by atoms with Crippen LogP contribution < -0.4 is 5.32 Å². The van der Waals surface area contributed by atoms with Crippen molar-refractivity contribution in [2.75, 3.05) is 20.1 Å². The molecule has 2 rings (SSSR count). The highest BCUT2D eigenvalue weighted by Gasteiger charge is 2.11. The van der Waals surface area contributed by atoms with E-state index in [4.69, 9.17) is 11.6 Å². The summed E-state index contributed by atoms with van der Waals surface area (Å²) < 4.78 is 12.9. The first kappa shape index (κ1) is 11.2. The van der Waals surface area contributed by atoms with E-state index in [-0.39, 0.29) is 10.8 Å². The number of guanidine groups is 1. The number of halogens is 2. The van der Waals surface area contributed by atoms with Gasteiger partial charge in [-0.1, -0.05) is 17.7 Å². The molecule has 0 saturated carbocycles. The summed E-state index contributed by atoms with van der Waals surface area (Å²) in [4.78, 5) is 6.34. The van der Waals surface area contributed by atoms with Gasteiger partial charge in [0.05, 0.1) is 11.6 Å². The van der Waals surface area contributed by atoms with Crippen LogP contribution in [0.25, 0.3) is 0 Å². The Labute approximate surface area is 98.9 Å². The van der Waals surface area contributed by atoms with E-state index in [0.29, 0.717) is 6.54 Å². The van der Waals surface area contributed by atoms with Crippen molar-refractivity contribution >= 4 is 17.6 Å². The van der Waals surface area contributed by atoms with Crippen LogP contribution in [0.15, 0.2) is 23.2 Å². The summed E-state index contributed by atoms with van der Waals surface area (Å²) in [5.41, 5.74) is 0.939.